The second-order valence-corrected chi connectivity index (χ2v) is 7.23. The summed E-state index contributed by atoms with van der Waals surface area (Å²) in [7, 11) is 0. The topological polar surface area (TPSA) is 49.4 Å². The SMILES string of the molecule is Cc1cccc(C(C)C)c1NC(=O)c1cccc(C(=O)N2CCCC2)c1. The van der Waals surface area contributed by atoms with Crippen molar-refractivity contribution in [2.24, 2.45) is 0 Å². The van der Waals surface area contributed by atoms with Crippen LogP contribution in [-0.4, -0.2) is 29.8 Å². The number of rotatable bonds is 4. The van der Waals surface area contributed by atoms with Gasteiger partial charge in [-0.1, -0.05) is 38.1 Å². The Hall–Kier alpha value is -2.62. The number of para-hydroxylation sites is 1. The molecule has 0 bridgehead atoms. The summed E-state index contributed by atoms with van der Waals surface area (Å²) in [4.78, 5) is 27.2. The molecule has 1 saturated heterocycles. The molecule has 2 aromatic rings. The summed E-state index contributed by atoms with van der Waals surface area (Å²) in [6.45, 7) is 7.82. The number of hydrogen-bond acceptors (Lipinski definition) is 2. The number of anilines is 1. The van der Waals surface area contributed by atoms with Crippen LogP contribution in [0.3, 0.4) is 0 Å². The molecule has 3 rings (SSSR count). The van der Waals surface area contributed by atoms with E-state index in [1.165, 1.54) is 0 Å². The van der Waals surface area contributed by atoms with Gasteiger partial charge in [0.2, 0.25) is 0 Å². The van der Waals surface area contributed by atoms with E-state index in [2.05, 4.69) is 19.2 Å². The number of amides is 2. The Bertz CT molecular complexity index is 821. The summed E-state index contributed by atoms with van der Waals surface area (Å²) in [5, 5.41) is 3.05. The molecule has 4 heteroatoms. The third-order valence-corrected chi connectivity index (χ3v) is 4.93. The van der Waals surface area contributed by atoms with Gasteiger partial charge in [0, 0.05) is 29.9 Å². The molecule has 0 radical (unpaired) electrons. The number of carbonyl (C=O) groups excluding carboxylic acids is 2. The number of nitrogens with zero attached hydrogens (tertiary/aromatic N) is 1. The minimum atomic E-state index is -0.183. The van der Waals surface area contributed by atoms with Crippen LogP contribution in [0.1, 0.15) is 64.4 Å². The molecule has 0 aromatic heterocycles. The predicted molar refractivity (Wildman–Crippen MR) is 105 cm³/mol. The number of aryl methyl sites for hydroxylation is 1. The Labute approximate surface area is 155 Å². The van der Waals surface area contributed by atoms with Gasteiger partial charge < -0.3 is 10.2 Å². The zero-order chi connectivity index (χ0) is 18.7. The van der Waals surface area contributed by atoms with Gasteiger partial charge in [0.05, 0.1) is 0 Å². The van der Waals surface area contributed by atoms with Gasteiger partial charge in [-0.3, -0.25) is 9.59 Å². The van der Waals surface area contributed by atoms with E-state index in [-0.39, 0.29) is 11.8 Å². The Morgan fingerprint density at radius 3 is 2.35 bits per heavy atom. The van der Waals surface area contributed by atoms with Crippen molar-refractivity contribution in [3.8, 4) is 0 Å². The first-order chi connectivity index (χ1) is 12.5. The molecule has 4 nitrogen and oxygen atoms in total. The highest BCUT2D eigenvalue weighted by atomic mass is 16.2. The molecular formula is C22H26N2O2. The van der Waals surface area contributed by atoms with E-state index >= 15 is 0 Å². The molecule has 26 heavy (non-hydrogen) atoms. The molecule has 1 N–H and O–H groups in total. The minimum Gasteiger partial charge on any atom is -0.339 e. The Kier molecular flexibility index (Phi) is 5.40. The lowest BCUT2D eigenvalue weighted by Crippen LogP contribution is -2.27. The third kappa shape index (κ3) is 3.79. The number of likely N-dealkylation sites (tertiary alicyclic amines) is 1. The number of nitrogens with one attached hydrogen (secondary N) is 1. The summed E-state index contributed by atoms with van der Waals surface area (Å²) in [5.41, 5.74) is 4.10. The van der Waals surface area contributed by atoms with Crippen LogP contribution in [0.25, 0.3) is 0 Å². The average molecular weight is 350 g/mol. The fraction of sp³-hybridized carbons (Fsp3) is 0.364. The maximum absolute atomic E-state index is 12.8. The van der Waals surface area contributed by atoms with Crippen LogP contribution < -0.4 is 5.32 Å². The molecule has 136 valence electrons. The van der Waals surface area contributed by atoms with Gasteiger partial charge in [-0.15, -0.1) is 0 Å². The van der Waals surface area contributed by atoms with Gasteiger partial charge >= 0.3 is 0 Å². The van der Waals surface area contributed by atoms with Gasteiger partial charge in [-0.05, 0) is 55.0 Å². The highest BCUT2D eigenvalue weighted by Crippen LogP contribution is 2.28. The number of carbonyl (C=O) groups is 2. The zero-order valence-corrected chi connectivity index (χ0v) is 15.7. The molecular weight excluding hydrogens is 324 g/mol. The second-order valence-electron chi connectivity index (χ2n) is 7.23. The van der Waals surface area contributed by atoms with Crippen molar-refractivity contribution >= 4 is 17.5 Å². The zero-order valence-electron chi connectivity index (χ0n) is 15.7. The van der Waals surface area contributed by atoms with Crippen LogP contribution in [0.2, 0.25) is 0 Å². The summed E-state index contributed by atoms with van der Waals surface area (Å²) in [6, 6.07) is 13.1. The minimum absolute atomic E-state index is 0.0101. The smallest absolute Gasteiger partial charge is 0.255 e. The molecule has 0 atom stereocenters. The monoisotopic (exact) mass is 350 g/mol. The maximum Gasteiger partial charge on any atom is 0.255 e. The standard InChI is InChI=1S/C22H26N2O2/c1-15(2)19-11-6-8-16(3)20(19)23-21(25)17-9-7-10-18(14-17)22(26)24-12-4-5-13-24/h6-11,14-15H,4-5,12-13H2,1-3H3,(H,23,25). The van der Waals surface area contributed by atoms with Crippen LogP contribution in [0.15, 0.2) is 42.5 Å². The fourth-order valence-electron chi connectivity index (χ4n) is 3.42. The lowest BCUT2D eigenvalue weighted by atomic mass is 9.98. The fourth-order valence-corrected chi connectivity index (χ4v) is 3.42. The number of benzene rings is 2. The Morgan fingerprint density at radius 2 is 1.65 bits per heavy atom. The van der Waals surface area contributed by atoms with E-state index < -0.39 is 0 Å². The molecule has 1 aliphatic rings. The first kappa shape index (κ1) is 18.2. The van der Waals surface area contributed by atoms with Crippen molar-refractivity contribution in [2.45, 2.75) is 39.5 Å². The average Bonchev–Trinajstić information content (AvgIpc) is 3.17. The predicted octanol–water partition coefficient (Wildman–Crippen LogP) is 4.61. The van der Waals surface area contributed by atoms with Gasteiger partial charge in [0.25, 0.3) is 11.8 Å². The molecule has 1 fully saturated rings. The van der Waals surface area contributed by atoms with E-state index in [1.807, 2.05) is 30.0 Å². The third-order valence-electron chi connectivity index (χ3n) is 4.93. The van der Waals surface area contributed by atoms with Crippen LogP contribution in [-0.2, 0) is 0 Å². The van der Waals surface area contributed by atoms with E-state index in [0.717, 1.165) is 42.7 Å². The highest BCUT2D eigenvalue weighted by Gasteiger charge is 2.20. The maximum atomic E-state index is 12.8. The van der Waals surface area contributed by atoms with Crippen molar-refractivity contribution in [1.82, 2.24) is 4.90 Å². The first-order valence-electron chi connectivity index (χ1n) is 9.27. The number of hydrogen-bond donors (Lipinski definition) is 1. The largest absolute Gasteiger partial charge is 0.339 e. The molecule has 0 saturated carbocycles. The van der Waals surface area contributed by atoms with Crippen molar-refractivity contribution < 1.29 is 9.59 Å². The van der Waals surface area contributed by atoms with E-state index in [1.54, 1.807) is 24.3 Å². The molecule has 0 unspecified atom stereocenters. The van der Waals surface area contributed by atoms with Crippen LogP contribution in [0.4, 0.5) is 5.69 Å². The van der Waals surface area contributed by atoms with Crippen molar-refractivity contribution in [2.75, 3.05) is 18.4 Å². The molecule has 0 aliphatic carbocycles. The van der Waals surface area contributed by atoms with Crippen LogP contribution in [0, 0.1) is 6.92 Å². The summed E-state index contributed by atoms with van der Waals surface area (Å²) in [6.07, 6.45) is 2.11. The normalized spacial score (nSPS) is 13.9. The van der Waals surface area contributed by atoms with Crippen molar-refractivity contribution in [1.29, 1.82) is 0 Å². The van der Waals surface area contributed by atoms with E-state index in [0.29, 0.717) is 17.0 Å². The molecule has 1 aliphatic heterocycles. The lowest BCUT2D eigenvalue weighted by Gasteiger charge is -2.17. The lowest BCUT2D eigenvalue weighted by molar-refractivity contribution is 0.0793. The van der Waals surface area contributed by atoms with Crippen molar-refractivity contribution in [3.63, 3.8) is 0 Å². The molecule has 1 heterocycles. The van der Waals surface area contributed by atoms with E-state index in [4.69, 9.17) is 0 Å². The molecule has 2 aromatic carbocycles. The van der Waals surface area contributed by atoms with Crippen molar-refractivity contribution in [3.05, 3.63) is 64.7 Å². The quantitative estimate of drug-likeness (QED) is 0.875. The highest BCUT2D eigenvalue weighted by molar-refractivity contribution is 6.06. The second kappa shape index (κ2) is 7.73. The molecule has 0 spiro atoms. The van der Waals surface area contributed by atoms with Gasteiger partial charge in [-0.2, -0.15) is 0 Å². The van der Waals surface area contributed by atoms with Crippen LogP contribution >= 0.6 is 0 Å². The van der Waals surface area contributed by atoms with Gasteiger partial charge in [0.15, 0.2) is 0 Å². The Balaban J connectivity index is 1.83. The van der Waals surface area contributed by atoms with Gasteiger partial charge in [0.1, 0.15) is 0 Å². The van der Waals surface area contributed by atoms with E-state index in [9.17, 15) is 9.59 Å². The van der Waals surface area contributed by atoms with Crippen LogP contribution in [0.5, 0.6) is 0 Å². The van der Waals surface area contributed by atoms with Gasteiger partial charge in [-0.25, -0.2) is 0 Å². The molecule has 2 amide bonds. The summed E-state index contributed by atoms with van der Waals surface area (Å²) < 4.78 is 0. The Morgan fingerprint density at radius 1 is 1.00 bits per heavy atom. The first-order valence-corrected chi connectivity index (χ1v) is 9.27. The summed E-state index contributed by atoms with van der Waals surface area (Å²) in [5.74, 6) is 0.140. The summed E-state index contributed by atoms with van der Waals surface area (Å²) >= 11 is 0.